The summed E-state index contributed by atoms with van der Waals surface area (Å²) in [6.45, 7) is 4.57. The van der Waals surface area contributed by atoms with E-state index in [1.54, 1.807) is 4.57 Å². The van der Waals surface area contributed by atoms with E-state index >= 15 is 0 Å². The van der Waals surface area contributed by atoms with Gasteiger partial charge in [-0.05, 0) is 32.5 Å². The first-order valence-corrected chi connectivity index (χ1v) is 5.52. The van der Waals surface area contributed by atoms with E-state index in [-0.39, 0.29) is 5.69 Å². The number of aromatic nitrogens is 3. The fourth-order valence-corrected chi connectivity index (χ4v) is 1.91. The van der Waals surface area contributed by atoms with Crippen molar-refractivity contribution >= 4 is 0 Å². The summed E-state index contributed by atoms with van der Waals surface area (Å²) in [6.07, 6.45) is 0. The van der Waals surface area contributed by atoms with Gasteiger partial charge in [-0.3, -0.25) is 0 Å². The van der Waals surface area contributed by atoms with Crippen LogP contribution < -0.4 is 11.0 Å². The van der Waals surface area contributed by atoms with E-state index < -0.39 is 0 Å². The fourth-order valence-electron chi connectivity index (χ4n) is 1.91. The zero-order valence-corrected chi connectivity index (χ0v) is 10.2. The third-order valence-corrected chi connectivity index (χ3v) is 2.67. The summed E-state index contributed by atoms with van der Waals surface area (Å²) < 4.78 is 1.60. The van der Waals surface area contributed by atoms with Gasteiger partial charge in [-0.1, -0.05) is 17.7 Å². The van der Waals surface area contributed by atoms with Crippen molar-refractivity contribution in [3.8, 4) is 5.69 Å². The van der Waals surface area contributed by atoms with E-state index in [1.807, 2.05) is 33.0 Å². The Morgan fingerprint density at radius 3 is 2.82 bits per heavy atom. The summed E-state index contributed by atoms with van der Waals surface area (Å²) in [6, 6.07) is 5.99. The van der Waals surface area contributed by atoms with Crippen LogP contribution in [0.25, 0.3) is 5.69 Å². The number of hydrogen-bond donors (Lipinski definition) is 2. The summed E-state index contributed by atoms with van der Waals surface area (Å²) >= 11 is 0. The quantitative estimate of drug-likeness (QED) is 0.826. The van der Waals surface area contributed by atoms with Gasteiger partial charge in [0.25, 0.3) is 0 Å². The van der Waals surface area contributed by atoms with Crippen LogP contribution >= 0.6 is 0 Å². The van der Waals surface area contributed by atoms with Crippen molar-refractivity contribution in [1.82, 2.24) is 20.1 Å². The summed E-state index contributed by atoms with van der Waals surface area (Å²) in [5.41, 5.74) is 2.91. The normalized spacial score (nSPS) is 10.8. The van der Waals surface area contributed by atoms with Crippen LogP contribution in [-0.4, -0.2) is 21.8 Å². The molecule has 2 rings (SSSR count). The van der Waals surface area contributed by atoms with Gasteiger partial charge in [0.2, 0.25) is 0 Å². The number of H-pyrrole nitrogens is 1. The maximum Gasteiger partial charge on any atom is 0.347 e. The highest BCUT2D eigenvalue weighted by Crippen LogP contribution is 2.14. The minimum atomic E-state index is -0.206. The number of nitrogens with one attached hydrogen (secondary N) is 2. The monoisotopic (exact) mass is 232 g/mol. The lowest BCUT2D eigenvalue weighted by Gasteiger charge is -2.09. The van der Waals surface area contributed by atoms with E-state index in [2.05, 4.69) is 21.6 Å². The van der Waals surface area contributed by atoms with E-state index in [9.17, 15) is 4.79 Å². The van der Waals surface area contributed by atoms with Crippen LogP contribution in [0.15, 0.2) is 23.0 Å². The topological polar surface area (TPSA) is 62.7 Å². The Labute approximate surface area is 99.5 Å². The zero-order valence-electron chi connectivity index (χ0n) is 10.2. The first-order valence-electron chi connectivity index (χ1n) is 5.52. The number of rotatable bonds is 3. The van der Waals surface area contributed by atoms with Crippen molar-refractivity contribution in [3.05, 3.63) is 45.6 Å². The molecule has 2 aromatic rings. The number of hydrogen-bond acceptors (Lipinski definition) is 3. The number of nitrogens with zero attached hydrogens (tertiary/aromatic N) is 2. The van der Waals surface area contributed by atoms with Gasteiger partial charge in [0.15, 0.2) is 5.82 Å². The molecule has 0 aliphatic carbocycles. The van der Waals surface area contributed by atoms with E-state index in [0.717, 1.165) is 11.3 Å². The summed E-state index contributed by atoms with van der Waals surface area (Å²) in [5.74, 6) is 0.685. The molecule has 0 aliphatic rings. The third-order valence-electron chi connectivity index (χ3n) is 2.67. The van der Waals surface area contributed by atoms with Gasteiger partial charge in [-0.15, -0.1) is 0 Å². The summed E-state index contributed by atoms with van der Waals surface area (Å²) in [5, 5.41) is 9.48. The Hall–Kier alpha value is -1.88. The number of benzene rings is 1. The van der Waals surface area contributed by atoms with Crippen LogP contribution in [0.3, 0.4) is 0 Å². The summed E-state index contributed by atoms with van der Waals surface area (Å²) in [4.78, 5) is 11.8. The zero-order chi connectivity index (χ0) is 12.4. The first kappa shape index (κ1) is 11.6. The molecule has 0 spiro atoms. The second-order valence-electron chi connectivity index (χ2n) is 4.10. The van der Waals surface area contributed by atoms with Crippen LogP contribution in [0.2, 0.25) is 0 Å². The molecular formula is C12H16N4O. The highest BCUT2D eigenvalue weighted by atomic mass is 16.1. The van der Waals surface area contributed by atoms with E-state index in [1.165, 1.54) is 5.56 Å². The smallest absolute Gasteiger partial charge is 0.313 e. The van der Waals surface area contributed by atoms with Gasteiger partial charge < -0.3 is 5.32 Å². The summed E-state index contributed by atoms with van der Waals surface area (Å²) in [7, 11) is 1.82. The SMILES string of the molecule is CNCc1n[nH]c(=O)n1-c1ccc(C)cc1C. The molecule has 5 nitrogen and oxygen atoms in total. The molecule has 0 bridgehead atoms. The molecular weight excluding hydrogens is 216 g/mol. The molecule has 2 N–H and O–H groups in total. The molecule has 0 aliphatic heterocycles. The molecule has 0 fully saturated rings. The van der Waals surface area contributed by atoms with Gasteiger partial charge in [-0.25, -0.2) is 14.5 Å². The largest absolute Gasteiger partial charge is 0.347 e. The van der Waals surface area contributed by atoms with E-state index in [0.29, 0.717) is 12.4 Å². The Balaban J connectivity index is 2.59. The molecule has 1 aromatic heterocycles. The molecule has 0 atom stereocenters. The number of aryl methyl sites for hydroxylation is 2. The lowest BCUT2D eigenvalue weighted by Crippen LogP contribution is -2.20. The van der Waals surface area contributed by atoms with Gasteiger partial charge in [-0.2, -0.15) is 5.10 Å². The van der Waals surface area contributed by atoms with Crippen LogP contribution in [0.1, 0.15) is 17.0 Å². The molecule has 1 aromatic carbocycles. The highest BCUT2D eigenvalue weighted by molar-refractivity contribution is 5.43. The predicted octanol–water partition coefficient (Wildman–Crippen LogP) is 0.897. The molecule has 0 saturated carbocycles. The lowest BCUT2D eigenvalue weighted by molar-refractivity contribution is 0.733. The lowest BCUT2D eigenvalue weighted by atomic mass is 10.1. The molecule has 5 heteroatoms. The molecule has 17 heavy (non-hydrogen) atoms. The van der Waals surface area contributed by atoms with E-state index in [4.69, 9.17) is 0 Å². The van der Waals surface area contributed by atoms with Crippen molar-refractivity contribution in [2.24, 2.45) is 0 Å². The first-order chi connectivity index (χ1) is 8.13. The van der Waals surface area contributed by atoms with Gasteiger partial charge in [0.1, 0.15) is 0 Å². The van der Waals surface area contributed by atoms with Crippen LogP contribution in [0.5, 0.6) is 0 Å². The Morgan fingerprint density at radius 2 is 2.18 bits per heavy atom. The van der Waals surface area contributed by atoms with Crippen LogP contribution in [-0.2, 0) is 6.54 Å². The Kier molecular flexibility index (Phi) is 3.10. The maximum atomic E-state index is 11.8. The second kappa shape index (κ2) is 4.55. The molecule has 1 heterocycles. The Bertz CT molecular complexity index is 582. The maximum absolute atomic E-state index is 11.8. The average Bonchev–Trinajstić information content (AvgIpc) is 2.62. The molecule has 90 valence electrons. The van der Waals surface area contributed by atoms with Gasteiger partial charge in [0, 0.05) is 0 Å². The van der Waals surface area contributed by atoms with Crippen LogP contribution in [0, 0.1) is 13.8 Å². The predicted molar refractivity (Wildman–Crippen MR) is 66.4 cm³/mol. The van der Waals surface area contributed by atoms with Crippen molar-refractivity contribution in [1.29, 1.82) is 0 Å². The average molecular weight is 232 g/mol. The minimum Gasteiger partial charge on any atom is -0.313 e. The Morgan fingerprint density at radius 1 is 1.41 bits per heavy atom. The van der Waals surface area contributed by atoms with Crippen molar-refractivity contribution in [2.75, 3.05) is 7.05 Å². The van der Waals surface area contributed by atoms with Crippen molar-refractivity contribution in [3.63, 3.8) is 0 Å². The molecule has 0 radical (unpaired) electrons. The van der Waals surface area contributed by atoms with Crippen LogP contribution in [0.4, 0.5) is 0 Å². The third kappa shape index (κ3) is 2.14. The highest BCUT2D eigenvalue weighted by Gasteiger charge is 2.11. The standard InChI is InChI=1S/C12H16N4O/c1-8-4-5-10(9(2)6-8)16-11(7-13-3)14-15-12(16)17/h4-6,13H,7H2,1-3H3,(H,15,17). The van der Waals surface area contributed by atoms with Gasteiger partial charge in [0.05, 0.1) is 12.2 Å². The molecule has 0 amide bonds. The van der Waals surface area contributed by atoms with Crippen molar-refractivity contribution in [2.45, 2.75) is 20.4 Å². The molecule has 0 saturated heterocycles. The van der Waals surface area contributed by atoms with Crippen molar-refractivity contribution < 1.29 is 0 Å². The number of aromatic amines is 1. The minimum absolute atomic E-state index is 0.206. The second-order valence-corrected chi connectivity index (χ2v) is 4.10. The fraction of sp³-hybridized carbons (Fsp3) is 0.333. The molecule has 0 unspecified atom stereocenters. The van der Waals surface area contributed by atoms with Gasteiger partial charge >= 0.3 is 5.69 Å².